The maximum Gasteiger partial charge on any atom is 0.237 e. The van der Waals surface area contributed by atoms with E-state index in [0.29, 0.717) is 11.1 Å². The van der Waals surface area contributed by atoms with E-state index in [0.717, 1.165) is 34.8 Å². The smallest absolute Gasteiger partial charge is 0.237 e. The largest absolute Gasteiger partial charge is 0.497 e. The minimum absolute atomic E-state index is 0.0512. The maximum absolute atomic E-state index is 12.8. The van der Waals surface area contributed by atoms with Crippen LogP contribution in [0, 0.1) is 0 Å². The van der Waals surface area contributed by atoms with Crippen LogP contribution in [0.3, 0.4) is 0 Å². The lowest BCUT2D eigenvalue weighted by Gasteiger charge is -2.17. The van der Waals surface area contributed by atoms with Crippen LogP contribution in [0.4, 0.5) is 5.69 Å². The van der Waals surface area contributed by atoms with E-state index < -0.39 is 0 Å². The maximum atomic E-state index is 12.8. The summed E-state index contributed by atoms with van der Waals surface area (Å²) in [6.07, 6.45) is 1.02. The molecule has 3 aromatic rings. The van der Waals surface area contributed by atoms with Crippen LogP contribution in [0.15, 0.2) is 53.7 Å². The van der Waals surface area contributed by atoms with Gasteiger partial charge in [-0.25, -0.2) is 0 Å². The van der Waals surface area contributed by atoms with Gasteiger partial charge in [-0.05, 0) is 55.2 Å². The van der Waals surface area contributed by atoms with Crippen molar-refractivity contribution in [3.05, 3.63) is 54.1 Å². The molecule has 0 bridgehead atoms. The van der Waals surface area contributed by atoms with Gasteiger partial charge >= 0.3 is 0 Å². The molecule has 0 spiro atoms. The number of para-hydroxylation sites is 1. The summed E-state index contributed by atoms with van der Waals surface area (Å²) in [5, 5.41) is 12.1. The normalized spacial score (nSPS) is 13.0. The highest BCUT2D eigenvalue weighted by atomic mass is 32.2. The Morgan fingerprint density at radius 2 is 1.83 bits per heavy atom. The van der Waals surface area contributed by atoms with Gasteiger partial charge in [0.25, 0.3) is 0 Å². The number of benzene rings is 2. The zero-order valence-corrected chi connectivity index (χ0v) is 18.9. The van der Waals surface area contributed by atoms with Gasteiger partial charge in [0, 0.05) is 18.3 Å². The summed E-state index contributed by atoms with van der Waals surface area (Å²) in [4.78, 5) is 12.8. The highest BCUT2D eigenvalue weighted by Gasteiger charge is 2.21. The van der Waals surface area contributed by atoms with Crippen molar-refractivity contribution >= 4 is 23.4 Å². The predicted molar refractivity (Wildman–Crippen MR) is 122 cm³/mol. The van der Waals surface area contributed by atoms with Crippen LogP contribution in [-0.4, -0.2) is 33.0 Å². The number of aromatic nitrogens is 3. The van der Waals surface area contributed by atoms with Crippen molar-refractivity contribution in [2.24, 2.45) is 7.05 Å². The van der Waals surface area contributed by atoms with Crippen LogP contribution >= 0.6 is 11.8 Å². The number of hydrogen-bond acceptors (Lipinski definition) is 5. The molecule has 158 valence electrons. The summed E-state index contributed by atoms with van der Waals surface area (Å²) < 4.78 is 7.11. The molecule has 2 atom stereocenters. The molecular formula is C23H28N4O2S. The Morgan fingerprint density at radius 1 is 1.13 bits per heavy atom. The van der Waals surface area contributed by atoms with Gasteiger partial charge in [-0.1, -0.05) is 43.8 Å². The van der Waals surface area contributed by atoms with E-state index in [2.05, 4.69) is 35.4 Å². The SMILES string of the molecule is CC[C@H](C)c1ccccc1NC(=O)[C@H](C)Sc1nnc(-c2ccc(OC)cc2)n1C. The van der Waals surface area contributed by atoms with E-state index in [9.17, 15) is 4.79 Å². The minimum atomic E-state index is -0.318. The Labute approximate surface area is 182 Å². The first-order valence-corrected chi connectivity index (χ1v) is 10.9. The molecule has 1 heterocycles. The highest BCUT2D eigenvalue weighted by molar-refractivity contribution is 8.00. The Bertz CT molecular complexity index is 1000. The molecule has 1 aromatic heterocycles. The van der Waals surface area contributed by atoms with Crippen molar-refractivity contribution in [2.45, 2.75) is 43.5 Å². The quantitative estimate of drug-likeness (QED) is 0.508. The fourth-order valence-electron chi connectivity index (χ4n) is 3.12. The number of nitrogens with zero attached hydrogens (tertiary/aromatic N) is 3. The molecule has 30 heavy (non-hydrogen) atoms. The fraction of sp³-hybridized carbons (Fsp3) is 0.348. The van der Waals surface area contributed by atoms with Gasteiger partial charge in [-0.2, -0.15) is 0 Å². The number of amides is 1. The number of nitrogens with one attached hydrogen (secondary N) is 1. The third-order valence-electron chi connectivity index (χ3n) is 5.20. The van der Waals surface area contributed by atoms with Crippen LogP contribution in [0.2, 0.25) is 0 Å². The van der Waals surface area contributed by atoms with Crippen molar-refractivity contribution in [3.63, 3.8) is 0 Å². The molecular weight excluding hydrogens is 396 g/mol. The number of anilines is 1. The number of thioether (sulfide) groups is 1. The van der Waals surface area contributed by atoms with Crippen molar-refractivity contribution in [3.8, 4) is 17.1 Å². The monoisotopic (exact) mass is 424 g/mol. The summed E-state index contributed by atoms with van der Waals surface area (Å²) in [7, 11) is 3.55. The first-order valence-electron chi connectivity index (χ1n) is 10.0. The second-order valence-corrected chi connectivity index (χ2v) is 8.55. The van der Waals surface area contributed by atoms with Gasteiger partial charge in [0.05, 0.1) is 12.4 Å². The molecule has 0 aliphatic heterocycles. The number of hydrogen-bond donors (Lipinski definition) is 1. The fourth-order valence-corrected chi connectivity index (χ4v) is 3.93. The number of carbonyl (C=O) groups is 1. The van der Waals surface area contributed by atoms with Crippen LogP contribution in [-0.2, 0) is 11.8 Å². The first-order chi connectivity index (χ1) is 14.4. The lowest BCUT2D eigenvalue weighted by molar-refractivity contribution is -0.115. The van der Waals surface area contributed by atoms with Gasteiger partial charge in [-0.15, -0.1) is 10.2 Å². The van der Waals surface area contributed by atoms with Gasteiger partial charge in [0.2, 0.25) is 5.91 Å². The first kappa shape index (κ1) is 21.9. The van der Waals surface area contributed by atoms with Crippen molar-refractivity contribution in [2.75, 3.05) is 12.4 Å². The highest BCUT2D eigenvalue weighted by Crippen LogP contribution is 2.29. The molecule has 7 heteroatoms. The molecule has 2 aromatic carbocycles. The molecule has 0 unspecified atom stereocenters. The Kier molecular flexibility index (Phi) is 7.15. The van der Waals surface area contributed by atoms with Gasteiger partial charge in [0.15, 0.2) is 11.0 Å². The summed E-state index contributed by atoms with van der Waals surface area (Å²) >= 11 is 1.39. The number of methoxy groups -OCH3 is 1. The number of carbonyl (C=O) groups excluding carboxylic acids is 1. The molecule has 0 fully saturated rings. The Balaban J connectivity index is 1.71. The van der Waals surface area contributed by atoms with Crippen LogP contribution in [0.1, 0.15) is 38.7 Å². The van der Waals surface area contributed by atoms with E-state index in [1.807, 2.05) is 61.0 Å². The van der Waals surface area contributed by atoms with Gasteiger partial charge in [-0.3, -0.25) is 4.79 Å². The zero-order chi connectivity index (χ0) is 21.7. The van der Waals surface area contributed by atoms with Crippen LogP contribution in [0.25, 0.3) is 11.4 Å². The molecule has 3 rings (SSSR count). The van der Waals surface area contributed by atoms with Crippen molar-refractivity contribution in [1.82, 2.24) is 14.8 Å². The van der Waals surface area contributed by atoms with E-state index in [1.165, 1.54) is 11.8 Å². The van der Waals surface area contributed by atoms with Crippen molar-refractivity contribution < 1.29 is 9.53 Å². The van der Waals surface area contributed by atoms with Crippen LogP contribution < -0.4 is 10.1 Å². The summed E-state index contributed by atoms with van der Waals surface area (Å²) in [5.41, 5.74) is 2.98. The van der Waals surface area contributed by atoms with Crippen molar-refractivity contribution in [1.29, 1.82) is 0 Å². The lowest BCUT2D eigenvalue weighted by Crippen LogP contribution is -2.23. The van der Waals surface area contributed by atoms with E-state index in [4.69, 9.17) is 4.74 Å². The molecule has 1 N–H and O–H groups in total. The zero-order valence-electron chi connectivity index (χ0n) is 18.0. The van der Waals surface area contributed by atoms with E-state index in [1.54, 1.807) is 7.11 Å². The predicted octanol–water partition coefficient (Wildman–Crippen LogP) is 5.12. The molecule has 0 radical (unpaired) electrons. The lowest BCUT2D eigenvalue weighted by atomic mass is 9.97. The van der Waals surface area contributed by atoms with Gasteiger partial charge < -0.3 is 14.6 Å². The topological polar surface area (TPSA) is 69.0 Å². The molecule has 0 aliphatic rings. The molecule has 0 saturated heterocycles. The number of ether oxygens (including phenoxy) is 1. The molecule has 0 aliphatic carbocycles. The van der Waals surface area contributed by atoms with E-state index >= 15 is 0 Å². The Morgan fingerprint density at radius 3 is 2.50 bits per heavy atom. The third-order valence-corrected chi connectivity index (χ3v) is 6.33. The Hall–Kier alpha value is -2.80. The second kappa shape index (κ2) is 9.80. The third kappa shape index (κ3) is 4.84. The average Bonchev–Trinajstić information content (AvgIpc) is 3.13. The molecule has 1 amide bonds. The average molecular weight is 425 g/mol. The molecule has 6 nitrogen and oxygen atoms in total. The summed E-state index contributed by atoms with van der Waals surface area (Å²) in [5.74, 6) is 1.87. The second-order valence-electron chi connectivity index (χ2n) is 7.24. The summed E-state index contributed by atoms with van der Waals surface area (Å²) in [6.45, 7) is 6.20. The summed E-state index contributed by atoms with van der Waals surface area (Å²) in [6, 6.07) is 15.7. The van der Waals surface area contributed by atoms with Crippen LogP contribution in [0.5, 0.6) is 5.75 Å². The standard InChI is InChI=1S/C23H28N4O2S/c1-6-15(2)19-9-7-8-10-20(19)24-22(28)16(3)30-23-26-25-21(27(23)4)17-11-13-18(29-5)14-12-17/h7-16H,6H2,1-5H3,(H,24,28)/t15-,16-/m0/s1. The van der Waals surface area contributed by atoms with Gasteiger partial charge in [0.1, 0.15) is 5.75 Å². The van der Waals surface area contributed by atoms with E-state index in [-0.39, 0.29) is 11.2 Å². The molecule has 0 saturated carbocycles. The minimum Gasteiger partial charge on any atom is -0.497 e. The number of rotatable bonds is 8.